The number of nitrogens with two attached hydrogens (primary N) is 1. The molecule has 0 saturated carbocycles. The number of amides is 1. The normalized spacial score (nSPS) is 15.5. The van der Waals surface area contributed by atoms with E-state index in [0.29, 0.717) is 18.7 Å². The molecule has 0 radical (unpaired) electrons. The van der Waals surface area contributed by atoms with E-state index < -0.39 is 5.82 Å². The van der Waals surface area contributed by atoms with Gasteiger partial charge in [-0.3, -0.25) is 4.79 Å². The second-order valence-corrected chi connectivity index (χ2v) is 4.93. The number of halogens is 1. The lowest BCUT2D eigenvalue weighted by Crippen LogP contribution is -2.48. The number of nitrogens with zero attached hydrogens (tertiary/aromatic N) is 2. The van der Waals surface area contributed by atoms with Crippen LogP contribution in [0.5, 0.6) is 0 Å². The van der Waals surface area contributed by atoms with Crippen LogP contribution in [0, 0.1) is 17.7 Å². The van der Waals surface area contributed by atoms with Gasteiger partial charge in [0.05, 0.1) is 12.1 Å². The first-order valence-corrected chi connectivity index (χ1v) is 7.15. The minimum Gasteiger partial charge on any atom is -0.336 e. The van der Waals surface area contributed by atoms with Crippen molar-refractivity contribution in [3.05, 3.63) is 35.1 Å². The fourth-order valence-corrected chi connectivity index (χ4v) is 2.36. The highest BCUT2D eigenvalue weighted by Crippen LogP contribution is 2.14. The lowest BCUT2D eigenvalue weighted by Gasteiger charge is -2.34. The number of rotatable bonds is 2. The first-order valence-electron chi connectivity index (χ1n) is 7.15. The Morgan fingerprint density at radius 1 is 1.33 bits per heavy atom. The van der Waals surface area contributed by atoms with Crippen LogP contribution in [0.2, 0.25) is 0 Å². The summed E-state index contributed by atoms with van der Waals surface area (Å²) in [5, 5.41) is 0. The third-order valence-electron chi connectivity index (χ3n) is 3.64. The summed E-state index contributed by atoms with van der Waals surface area (Å²) < 4.78 is 13.9. The molecule has 0 unspecified atom stereocenters. The molecule has 1 aromatic rings. The zero-order chi connectivity index (χ0) is 15.2. The van der Waals surface area contributed by atoms with E-state index in [1.54, 1.807) is 11.0 Å². The van der Waals surface area contributed by atoms with Gasteiger partial charge in [0.1, 0.15) is 5.82 Å². The van der Waals surface area contributed by atoms with Crippen LogP contribution in [0.3, 0.4) is 0 Å². The van der Waals surface area contributed by atoms with Crippen LogP contribution in [0.4, 0.5) is 4.39 Å². The molecule has 1 saturated heterocycles. The maximum Gasteiger partial charge on any atom is 0.256 e. The van der Waals surface area contributed by atoms with Gasteiger partial charge in [-0.15, -0.1) is 0 Å². The van der Waals surface area contributed by atoms with Crippen molar-refractivity contribution >= 4 is 5.91 Å². The molecule has 2 N–H and O–H groups in total. The van der Waals surface area contributed by atoms with Gasteiger partial charge >= 0.3 is 0 Å². The Bertz CT molecular complexity index is 569. The molecule has 1 heterocycles. The third-order valence-corrected chi connectivity index (χ3v) is 3.64. The summed E-state index contributed by atoms with van der Waals surface area (Å²) in [5.74, 6) is 4.76. The Balaban J connectivity index is 2.15. The fourth-order valence-electron chi connectivity index (χ4n) is 2.36. The number of likely N-dealkylation sites (N-methyl/N-ethyl adjacent to an activating group) is 1. The Morgan fingerprint density at radius 2 is 2.05 bits per heavy atom. The Kier molecular flexibility index (Phi) is 5.32. The maximum absolute atomic E-state index is 13.9. The van der Waals surface area contributed by atoms with Gasteiger partial charge in [0.15, 0.2) is 0 Å². The van der Waals surface area contributed by atoms with E-state index in [2.05, 4.69) is 23.7 Å². The van der Waals surface area contributed by atoms with Gasteiger partial charge in [0.25, 0.3) is 5.91 Å². The van der Waals surface area contributed by atoms with Gasteiger partial charge in [0.2, 0.25) is 0 Å². The van der Waals surface area contributed by atoms with Gasteiger partial charge in [-0.05, 0) is 24.7 Å². The molecule has 0 atom stereocenters. The molecule has 1 aliphatic rings. The molecule has 2 rings (SSSR count). The van der Waals surface area contributed by atoms with Gasteiger partial charge in [-0.2, -0.15) is 0 Å². The van der Waals surface area contributed by atoms with Crippen LogP contribution in [0.15, 0.2) is 18.2 Å². The second kappa shape index (κ2) is 7.21. The predicted octanol–water partition coefficient (Wildman–Crippen LogP) is 0.914. The highest BCUT2D eigenvalue weighted by Gasteiger charge is 2.23. The highest BCUT2D eigenvalue weighted by atomic mass is 19.1. The Hall–Kier alpha value is -1.90. The van der Waals surface area contributed by atoms with Gasteiger partial charge < -0.3 is 15.5 Å². The minimum absolute atomic E-state index is 0.0868. The first-order chi connectivity index (χ1) is 10.2. The Labute approximate surface area is 124 Å². The van der Waals surface area contributed by atoms with Crippen LogP contribution in [0.1, 0.15) is 22.8 Å². The SMILES string of the molecule is CCN1CCN(C(=O)c2cc(C#CCN)ccc2F)CC1. The van der Waals surface area contributed by atoms with Gasteiger partial charge in [0, 0.05) is 31.7 Å². The summed E-state index contributed by atoms with van der Waals surface area (Å²) in [6.45, 7) is 6.22. The predicted molar refractivity (Wildman–Crippen MR) is 80.3 cm³/mol. The van der Waals surface area contributed by atoms with E-state index in [1.807, 2.05) is 0 Å². The summed E-state index contributed by atoms with van der Waals surface area (Å²) in [6.07, 6.45) is 0. The van der Waals surface area contributed by atoms with E-state index >= 15 is 0 Å². The standard InChI is InChI=1S/C16H20FN3O/c1-2-19-8-10-20(11-9-19)16(21)14-12-13(4-3-7-18)5-6-15(14)17/h5-6,12H,2,7-11,18H2,1H3. The van der Waals surface area contributed by atoms with E-state index in [9.17, 15) is 9.18 Å². The molecule has 1 aliphatic heterocycles. The molecule has 1 aromatic carbocycles. The Morgan fingerprint density at radius 3 is 2.67 bits per heavy atom. The number of piperazine rings is 1. The number of hydrogen-bond acceptors (Lipinski definition) is 3. The van der Waals surface area contributed by atoms with Crippen LogP contribution < -0.4 is 5.73 Å². The molecule has 0 bridgehead atoms. The molecule has 1 amide bonds. The monoisotopic (exact) mass is 289 g/mol. The summed E-state index contributed by atoms with van der Waals surface area (Å²) in [5.41, 5.74) is 6.02. The highest BCUT2D eigenvalue weighted by molar-refractivity contribution is 5.95. The smallest absolute Gasteiger partial charge is 0.256 e. The largest absolute Gasteiger partial charge is 0.336 e. The maximum atomic E-state index is 13.9. The summed E-state index contributed by atoms with van der Waals surface area (Å²) in [4.78, 5) is 16.4. The number of hydrogen-bond donors (Lipinski definition) is 1. The van der Waals surface area contributed by atoms with Crippen LogP contribution >= 0.6 is 0 Å². The molecular formula is C16H20FN3O. The molecule has 0 aliphatic carbocycles. The molecule has 4 nitrogen and oxygen atoms in total. The van der Waals surface area contributed by atoms with Gasteiger partial charge in [-0.25, -0.2) is 4.39 Å². The number of carbonyl (C=O) groups excluding carboxylic acids is 1. The van der Waals surface area contributed by atoms with Crippen molar-refractivity contribution < 1.29 is 9.18 Å². The zero-order valence-corrected chi connectivity index (χ0v) is 12.2. The van der Waals surface area contributed by atoms with Crippen molar-refractivity contribution in [2.45, 2.75) is 6.92 Å². The van der Waals surface area contributed by atoms with Crippen molar-refractivity contribution in [2.24, 2.45) is 5.73 Å². The van der Waals surface area contributed by atoms with Crippen LogP contribution in [-0.4, -0.2) is 55.0 Å². The van der Waals surface area contributed by atoms with E-state index in [1.165, 1.54) is 12.1 Å². The fraction of sp³-hybridized carbons (Fsp3) is 0.438. The quantitative estimate of drug-likeness (QED) is 0.824. The summed E-state index contributed by atoms with van der Waals surface area (Å²) in [6, 6.07) is 4.35. The van der Waals surface area contributed by atoms with Crippen molar-refractivity contribution in [1.82, 2.24) is 9.80 Å². The average Bonchev–Trinajstić information content (AvgIpc) is 2.53. The molecule has 21 heavy (non-hydrogen) atoms. The van der Waals surface area contributed by atoms with Crippen molar-refractivity contribution in [2.75, 3.05) is 39.3 Å². The van der Waals surface area contributed by atoms with Crippen LogP contribution in [0.25, 0.3) is 0 Å². The molecule has 1 fully saturated rings. The van der Waals surface area contributed by atoms with E-state index in [0.717, 1.165) is 19.6 Å². The second-order valence-electron chi connectivity index (χ2n) is 4.93. The lowest BCUT2D eigenvalue weighted by atomic mass is 10.1. The minimum atomic E-state index is -0.504. The molecular weight excluding hydrogens is 269 g/mol. The van der Waals surface area contributed by atoms with Crippen molar-refractivity contribution in [3.63, 3.8) is 0 Å². The van der Waals surface area contributed by atoms with Crippen molar-refractivity contribution in [1.29, 1.82) is 0 Å². The lowest BCUT2D eigenvalue weighted by molar-refractivity contribution is 0.0639. The van der Waals surface area contributed by atoms with Gasteiger partial charge in [-0.1, -0.05) is 18.8 Å². The van der Waals surface area contributed by atoms with Crippen LogP contribution in [-0.2, 0) is 0 Å². The summed E-state index contributed by atoms with van der Waals surface area (Å²) >= 11 is 0. The molecule has 0 spiro atoms. The third kappa shape index (κ3) is 3.81. The molecule has 0 aromatic heterocycles. The number of carbonyl (C=O) groups is 1. The van der Waals surface area contributed by atoms with Crippen molar-refractivity contribution in [3.8, 4) is 11.8 Å². The first kappa shape index (κ1) is 15.5. The summed E-state index contributed by atoms with van der Waals surface area (Å²) in [7, 11) is 0. The van der Waals surface area contributed by atoms with E-state index in [-0.39, 0.29) is 18.0 Å². The topological polar surface area (TPSA) is 49.6 Å². The number of benzene rings is 1. The average molecular weight is 289 g/mol. The van der Waals surface area contributed by atoms with E-state index in [4.69, 9.17) is 5.73 Å². The molecule has 5 heteroatoms. The zero-order valence-electron chi connectivity index (χ0n) is 12.2. The molecule has 112 valence electrons.